The molecule has 1 N–H and O–H groups in total. The van der Waals surface area contributed by atoms with E-state index in [1.165, 1.54) is 0 Å². The molecule has 3 aromatic carbocycles. The first-order valence-electron chi connectivity index (χ1n) is 9.47. The van der Waals surface area contributed by atoms with Gasteiger partial charge in [-0.15, -0.1) is 0 Å². The Morgan fingerprint density at radius 1 is 0.897 bits per heavy atom. The van der Waals surface area contributed by atoms with Crippen LogP contribution in [0.1, 0.15) is 16.7 Å². The van der Waals surface area contributed by atoms with E-state index in [1.807, 2.05) is 102 Å². The Balaban J connectivity index is 1.50. The van der Waals surface area contributed by atoms with E-state index in [9.17, 15) is 4.79 Å². The van der Waals surface area contributed by atoms with Gasteiger partial charge in [-0.2, -0.15) is 0 Å². The van der Waals surface area contributed by atoms with Crippen molar-refractivity contribution in [2.75, 3.05) is 0 Å². The molecule has 0 aliphatic heterocycles. The van der Waals surface area contributed by atoms with E-state index in [0.29, 0.717) is 12.1 Å². The molecule has 4 heteroatoms. The summed E-state index contributed by atoms with van der Waals surface area (Å²) >= 11 is 0. The van der Waals surface area contributed by atoms with E-state index in [4.69, 9.17) is 0 Å². The molecule has 0 radical (unpaired) electrons. The quantitative estimate of drug-likeness (QED) is 0.389. The Labute approximate surface area is 170 Å². The minimum absolute atomic E-state index is 0.0984. The first-order chi connectivity index (χ1) is 14.3. The van der Waals surface area contributed by atoms with Crippen LogP contribution >= 0.6 is 0 Å². The predicted molar refractivity (Wildman–Crippen MR) is 116 cm³/mol. The van der Waals surface area contributed by atoms with E-state index >= 15 is 0 Å². The Hall–Kier alpha value is -3.92. The van der Waals surface area contributed by atoms with Gasteiger partial charge in [0.1, 0.15) is 0 Å². The molecule has 0 spiro atoms. The lowest BCUT2D eigenvalue weighted by atomic mass is 10.0. The number of carbonyl (C=O) groups excluding carboxylic acids is 1. The lowest BCUT2D eigenvalue weighted by Gasteiger charge is -2.11. The molecule has 142 valence electrons. The molecule has 29 heavy (non-hydrogen) atoms. The summed E-state index contributed by atoms with van der Waals surface area (Å²) in [6, 6.07) is 27.7. The zero-order valence-corrected chi connectivity index (χ0v) is 15.9. The third kappa shape index (κ3) is 4.68. The van der Waals surface area contributed by atoms with Gasteiger partial charge in [-0.3, -0.25) is 4.79 Å². The third-order valence-electron chi connectivity index (χ3n) is 4.63. The van der Waals surface area contributed by atoms with Crippen molar-refractivity contribution in [1.29, 1.82) is 0 Å². The van der Waals surface area contributed by atoms with Crippen LogP contribution in [0.2, 0.25) is 0 Å². The fourth-order valence-electron chi connectivity index (χ4n) is 3.09. The normalized spacial score (nSPS) is 11.2. The molecule has 4 aromatic rings. The number of nitrogens with zero attached hydrogens (tertiary/aromatic N) is 2. The standard InChI is InChI=1S/C25H21N3O/c29-25(27-18-21-11-13-23(14-12-21)28-16-15-26-19-28)24(22-9-5-2-6-10-22)17-20-7-3-1-4-8-20/h1-17,19H,18H2,(H,27,29)/b24-17+. The van der Waals surface area contributed by atoms with Crippen LogP contribution in [-0.4, -0.2) is 15.5 Å². The monoisotopic (exact) mass is 379 g/mol. The molecule has 1 amide bonds. The largest absolute Gasteiger partial charge is 0.348 e. The van der Waals surface area contributed by atoms with Crippen LogP contribution in [0, 0.1) is 0 Å². The molecule has 0 bridgehead atoms. The Morgan fingerprint density at radius 2 is 1.59 bits per heavy atom. The van der Waals surface area contributed by atoms with Crippen LogP contribution in [0.4, 0.5) is 0 Å². The Morgan fingerprint density at radius 3 is 2.24 bits per heavy atom. The van der Waals surface area contributed by atoms with Gasteiger partial charge in [-0.1, -0.05) is 72.8 Å². The van der Waals surface area contributed by atoms with Crippen molar-refractivity contribution in [3.8, 4) is 5.69 Å². The average Bonchev–Trinajstić information content (AvgIpc) is 3.32. The molecule has 4 rings (SSSR count). The highest BCUT2D eigenvalue weighted by atomic mass is 16.1. The summed E-state index contributed by atoms with van der Waals surface area (Å²) in [5.41, 5.74) is 4.60. The second-order valence-corrected chi connectivity index (χ2v) is 6.65. The number of hydrogen-bond donors (Lipinski definition) is 1. The van der Waals surface area contributed by atoms with Crippen LogP contribution in [0.25, 0.3) is 17.3 Å². The first-order valence-corrected chi connectivity index (χ1v) is 9.47. The van der Waals surface area contributed by atoms with Gasteiger partial charge >= 0.3 is 0 Å². The molecule has 0 aliphatic rings. The van der Waals surface area contributed by atoms with Crippen LogP contribution < -0.4 is 5.32 Å². The van der Waals surface area contributed by atoms with Crippen LogP contribution in [0.3, 0.4) is 0 Å². The molecular weight excluding hydrogens is 358 g/mol. The van der Waals surface area contributed by atoms with Gasteiger partial charge in [0.05, 0.1) is 6.33 Å². The average molecular weight is 379 g/mol. The van der Waals surface area contributed by atoms with E-state index in [0.717, 1.165) is 22.4 Å². The van der Waals surface area contributed by atoms with Gasteiger partial charge in [0.25, 0.3) is 5.91 Å². The summed E-state index contributed by atoms with van der Waals surface area (Å²) in [6.45, 7) is 0.460. The maximum Gasteiger partial charge on any atom is 0.252 e. The maximum atomic E-state index is 13.0. The zero-order valence-electron chi connectivity index (χ0n) is 15.9. The second kappa shape index (κ2) is 8.85. The molecule has 0 fully saturated rings. The first kappa shape index (κ1) is 18.4. The SMILES string of the molecule is O=C(NCc1ccc(-n2ccnc2)cc1)/C(=C/c1ccccc1)c1ccccc1. The number of benzene rings is 3. The highest BCUT2D eigenvalue weighted by molar-refractivity contribution is 6.24. The molecule has 0 aliphatic carbocycles. The maximum absolute atomic E-state index is 13.0. The van der Waals surface area contributed by atoms with Gasteiger partial charge in [0, 0.05) is 30.2 Å². The lowest BCUT2D eigenvalue weighted by Crippen LogP contribution is -2.23. The Bertz CT molecular complexity index is 1080. The van der Waals surface area contributed by atoms with Crippen molar-refractivity contribution < 1.29 is 4.79 Å². The fourth-order valence-corrected chi connectivity index (χ4v) is 3.09. The number of imidazole rings is 1. The predicted octanol–water partition coefficient (Wildman–Crippen LogP) is 4.73. The summed E-state index contributed by atoms with van der Waals surface area (Å²) in [6.07, 6.45) is 7.33. The summed E-state index contributed by atoms with van der Waals surface area (Å²) in [5, 5.41) is 3.05. The lowest BCUT2D eigenvalue weighted by molar-refractivity contribution is -0.115. The van der Waals surface area contributed by atoms with Crippen molar-refractivity contribution in [3.63, 3.8) is 0 Å². The van der Waals surface area contributed by atoms with Crippen LogP contribution in [-0.2, 0) is 11.3 Å². The molecule has 0 unspecified atom stereocenters. The highest BCUT2D eigenvalue weighted by Gasteiger charge is 2.12. The molecule has 0 saturated heterocycles. The minimum atomic E-state index is -0.0984. The molecular formula is C25H21N3O. The highest BCUT2D eigenvalue weighted by Crippen LogP contribution is 2.19. The molecule has 1 aromatic heterocycles. The van der Waals surface area contributed by atoms with E-state index < -0.39 is 0 Å². The summed E-state index contributed by atoms with van der Waals surface area (Å²) < 4.78 is 1.94. The molecule has 4 nitrogen and oxygen atoms in total. The molecule has 1 heterocycles. The number of rotatable bonds is 6. The van der Waals surface area contributed by atoms with Crippen molar-refractivity contribution in [2.45, 2.75) is 6.54 Å². The van der Waals surface area contributed by atoms with Gasteiger partial charge in [-0.05, 0) is 34.9 Å². The van der Waals surface area contributed by atoms with E-state index in [1.54, 1.807) is 12.5 Å². The van der Waals surface area contributed by atoms with Crippen LogP contribution in [0.15, 0.2) is 104 Å². The van der Waals surface area contributed by atoms with Crippen molar-refractivity contribution in [2.24, 2.45) is 0 Å². The van der Waals surface area contributed by atoms with Crippen molar-refractivity contribution >= 4 is 17.6 Å². The molecule has 0 saturated carbocycles. The summed E-state index contributed by atoms with van der Waals surface area (Å²) in [7, 11) is 0. The number of carbonyl (C=O) groups is 1. The number of aromatic nitrogens is 2. The Kier molecular flexibility index (Phi) is 5.63. The number of amides is 1. The topological polar surface area (TPSA) is 46.9 Å². The van der Waals surface area contributed by atoms with Gasteiger partial charge in [-0.25, -0.2) is 4.98 Å². The van der Waals surface area contributed by atoms with Gasteiger partial charge < -0.3 is 9.88 Å². The zero-order chi connectivity index (χ0) is 19.9. The second-order valence-electron chi connectivity index (χ2n) is 6.65. The van der Waals surface area contributed by atoms with E-state index in [2.05, 4.69) is 10.3 Å². The van der Waals surface area contributed by atoms with Crippen molar-refractivity contribution in [3.05, 3.63) is 120 Å². The smallest absolute Gasteiger partial charge is 0.252 e. The van der Waals surface area contributed by atoms with Gasteiger partial charge in [0.15, 0.2) is 0 Å². The molecule has 0 atom stereocenters. The van der Waals surface area contributed by atoms with Gasteiger partial charge in [0.2, 0.25) is 0 Å². The van der Waals surface area contributed by atoms with E-state index in [-0.39, 0.29) is 5.91 Å². The summed E-state index contributed by atoms with van der Waals surface area (Å²) in [5.74, 6) is -0.0984. The van der Waals surface area contributed by atoms with Crippen molar-refractivity contribution in [1.82, 2.24) is 14.9 Å². The third-order valence-corrected chi connectivity index (χ3v) is 4.63. The number of hydrogen-bond acceptors (Lipinski definition) is 2. The fraction of sp³-hybridized carbons (Fsp3) is 0.0400. The summed E-state index contributed by atoms with van der Waals surface area (Å²) in [4.78, 5) is 17.0. The van der Waals surface area contributed by atoms with Crippen LogP contribution in [0.5, 0.6) is 0 Å². The number of nitrogens with one attached hydrogen (secondary N) is 1. The minimum Gasteiger partial charge on any atom is -0.348 e.